The molecule has 0 aliphatic rings. The second-order valence-corrected chi connectivity index (χ2v) is 5.91. The summed E-state index contributed by atoms with van der Waals surface area (Å²) >= 11 is 12.0. The lowest BCUT2D eigenvalue weighted by atomic mass is 10.2. The predicted octanol–water partition coefficient (Wildman–Crippen LogP) is 3.89. The van der Waals surface area contributed by atoms with Gasteiger partial charge in [0.05, 0.1) is 5.02 Å². The number of hydrogen-bond donors (Lipinski definition) is 0. The van der Waals surface area contributed by atoms with Gasteiger partial charge in [0.25, 0.3) is 5.91 Å². The molecule has 0 bridgehead atoms. The Morgan fingerprint density at radius 1 is 1.17 bits per heavy atom. The molecule has 1 amide bonds. The van der Waals surface area contributed by atoms with Gasteiger partial charge in [-0.25, -0.2) is 4.79 Å². The number of rotatable bonds is 4. The predicted molar refractivity (Wildman–Crippen MR) is 87.7 cm³/mol. The van der Waals surface area contributed by atoms with Gasteiger partial charge in [0, 0.05) is 24.7 Å². The first-order chi connectivity index (χ1) is 10.8. The Kier molecular flexibility index (Phi) is 5.34. The minimum absolute atomic E-state index is 0.00979. The highest BCUT2D eigenvalue weighted by atomic mass is 35.5. The van der Waals surface area contributed by atoms with E-state index < -0.39 is 12.1 Å². The fourth-order valence-electron chi connectivity index (χ4n) is 1.91. The summed E-state index contributed by atoms with van der Waals surface area (Å²) in [5.74, 6) is -0.635. The van der Waals surface area contributed by atoms with Gasteiger partial charge < -0.3 is 14.1 Å². The van der Waals surface area contributed by atoms with Gasteiger partial charge in [0.1, 0.15) is 5.76 Å². The maximum atomic E-state index is 12.0. The van der Waals surface area contributed by atoms with Crippen LogP contribution in [0.2, 0.25) is 10.0 Å². The zero-order chi connectivity index (χ0) is 17.1. The van der Waals surface area contributed by atoms with Crippen molar-refractivity contribution in [3.63, 3.8) is 0 Å². The molecule has 23 heavy (non-hydrogen) atoms. The number of carbonyl (C=O) groups excluding carboxylic acids is 2. The van der Waals surface area contributed by atoms with Crippen molar-refractivity contribution in [2.45, 2.75) is 13.0 Å². The van der Waals surface area contributed by atoms with Gasteiger partial charge >= 0.3 is 5.97 Å². The van der Waals surface area contributed by atoms with Crippen molar-refractivity contribution in [1.82, 2.24) is 4.90 Å². The smallest absolute Gasteiger partial charge is 0.375 e. The third-order valence-electron chi connectivity index (χ3n) is 3.08. The van der Waals surface area contributed by atoms with E-state index in [1.165, 1.54) is 17.9 Å². The zero-order valence-electron chi connectivity index (χ0n) is 12.8. The summed E-state index contributed by atoms with van der Waals surface area (Å²) in [4.78, 5) is 25.1. The normalized spacial score (nSPS) is 11.9. The Bertz CT molecular complexity index is 739. The number of nitrogens with zero attached hydrogens (tertiary/aromatic N) is 1. The molecule has 1 heterocycles. The van der Waals surface area contributed by atoms with E-state index >= 15 is 0 Å². The Labute approximate surface area is 143 Å². The van der Waals surface area contributed by atoms with Crippen LogP contribution < -0.4 is 0 Å². The fourth-order valence-corrected chi connectivity index (χ4v) is 2.42. The van der Waals surface area contributed by atoms with Crippen LogP contribution in [0.25, 0.3) is 11.3 Å². The van der Waals surface area contributed by atoms with Gasteiger partial charge in [-0.2, -0.15) is 0 Å². The molecule has 0 spiro atoms. The Morgan fingerprint density at radius 3 is 2.48 bits per heavy atom. The van der Waals surface area contributed by atoms with Crippen molar-refractivity contribution in [3.8, 4) is 11.3 Å². The van der Waals surface area contributed by atoms with Gasteiger partial charge in [-0.1, -0.05) is 23.2 Å². The monoisotopic (exact) mass is 355 g/mol. The van der Waals surface area contributed by atoms with Crippen LogP contribution in [0.5, 0.6) is 0 Å². The number of likely N-dealkylation sites (N-methyl/N-ethyl adjacent to an activating group) is 1. The van der Waals surface area contributed by atoms with E-state index in [0.29, 0.717) is 21.4 Å². The van der Waals surface area contributed by atoms with Crippen molar-refractivity contribution in [2.24, 2.45) is 0 Å². The maximum Gasteiger partial charge on any atom is 0.375 e. The van der Waals surface area contributed by atoms with E-state index in [0.717, 1.165) is 0 Å². The molecule has 0 N–H and O–H groups in total. The van der Waals surface area contributed by atoms with Crippen molar-refractivity contribution in [2.75, 3.05) is 14.1 Å². The summed E-state index contributed by atoms with van der Waals surface area (Å²) in [5.41, 5.74) is 0.604. The van der Waals surface area contributed by atoms with Gasteiger partial charge in [-0.05, 0) is 37.3 Å². The van der Waals surface area contributed by atoms with Crippen LogP contribution in [-0.2, 0) is 9.53 Å². The first-order valence-corrected chi connectivity index (χ1v) is 7.52. The SMILES string of the molecule is C[C@@H](OC(=O)c1ccc(-c2ccc(Cl)cc2Cl)o1)C(=O)N(C)C. The van der Waals surface area contributed by atoms with E-state index in [1.54, 1.807) is 38.4 Å². The third-order valence-corrected chi connectivity index (χ3v) is 3.62. The lowest BCUT2D eigenvalue weighted by Crippen LogP contribution is -2.34. The van der Waals surface area contributed by atoms with E-state index in [2.05, 4.69) is 0 Å². The Hall–Kier alpha value is -1.98. The topological polar surface area (TPSA) is 59.8 Å². The second-order valence-electron chi connectivity index (χ2n) is 5.07. The molecule has 0 radical (unpaired) electrons. The van der Waals surface area contributed by atoms with Crippen molar-refractivity contribution in [1.29, 1.82) is 0 Å². The van der Waals surface area contributed by atoms with E-state index in [-0.39, 0.29) is 11.7 Å². The van der Waals surface area contributed by atoms with Crippen molar-refractivity contribution >= 4 is 35.1 Å². The van der Waals surface area contributed by atoms with Crippen LogP contribution in [0.3, 0.4) is 0 Å². The second kappa shape index (κ2) is 7.06. The van der Waals surface area contributed by atoms with Gasteiger partial charge in [-0.3, -0.25) is 4.79 Å². The molecular formula is C16H15Cl2NO4. The molecule has 0 fully saturated rings. The fraction of sp³-hybridized carbons (Fsp3) is 0.250. The highest BCUT2D eigenvalue weighted by Crippen LogP contribution is 2.31. The summed E-state index contributed by atoms with van der Waals surface area (Å²) in [5, 5.41) is 0.906. The first kappa shape index (κ1) is 17.4. The molecule has 2 aromatic rings. The van der Waals surface area contributed by atoms with Gasteiger partial charge in [0.2, 0.25) is 5.76 Å². The van der Waals surface area contributed by atoms with E-state index in [4.69, 9.17) is 32.4 Å². The highest BCUT2D eigenvalue weighted by molar-refractivity contribution is 6.36. The Balaban J connectivity index is 2.15. The molecule has 1 atom stereocenters. The van der Waals surface area contributed by atoms with Crippen molar-refractivity contribution in [3.05, 3.63) is 46.1 Å². The largest absolute Gasteiger partial charge is 0.449 e. The van der Waals surface area contributed by atoms with Crippen LogP contribution in [0.15, 0.2) is 34.7 Å². The molecule has 0 saturated carbocycles. The summed E-state index contributed by atoms with van der Waals surface area (Å²) in [6.45, 7) is 1.50. The molecule has 7 heteroatoms. The zero-order valence-corrected chi connectivity index (χ0v) is 14.3. The number of esters is 1. The quantitative estimate of drug-likeness (QED) is 0.780. The molecule has 0 aliphatic carbocycles. The molecule has 2 rings (SSSR count). The third kappa shape index (κ3) is 4.06. The van der Waals surface area contributed by atoms with Crippen LogP contribution in [-0.4, -0.2) is 37.0 Å². The summed E-state index contributed by atoms with van der Waals surface area (Å²) in [7, 11) is 3.17. The number of hydrogen-bond acceptors (Lipinski definition) is 4. The lowest BCUT2D eigenvalue weighted by molar-refractivity contribution is -0.137. The highest BCUT2D eigenvalue weighted by Gasteiger charge is 2.22. The molecular weight excluding hydrogens is 341 g/mol. The molecule has 0 unspecified atom stereocenters. The van der Waals surface area contributed by atoms with Crippen LogP contribution in [0.1, 0.15) is 17.5 Å². The Morgan fingerprint density at radius 2 is 1.87 bits per heavy atom. The number of furan rings is 1. The summed E-state index contributed by atoms with van der Waals surface area (Å²) in [6, 6.07) is 8.01. The maximum absolute atomic E-state index is 12.0. The molecule has 122 valence electrons. The molecule has 5 nitrogen and oxygen atoms in total. The first-order valence-electron chi connectivity index (χ1n) is 6.77. The lowest BCUT2D eigenvalue weighted by Gasteiger charge is -2.16. The molecule has 1 aromatic carbocycles. The number of carbonyl (C=O) groups is 2. The van der Waals surface area contributed by atoms with Crippen LogP contribution in [0, 0.1) is 0 Å². The van der Waals surface area contributed by atoms with E-state index in [1.807, 2.05) is 0 Å². The average Bonchev–Trinajstić information content (AvgIpc) is 2.95. The van der Waals surface area contributed by atoms with Crippen LogP contribution in [0.4, 0.5) is 0 Å². The summed E-state index contributed by atoms with van der Waals surface area (Å²) in [6.07, 6.45) is -0.898. The minimum atomic E-state index is -0.898. The standard InChI is InChI=1S/C16H15Cl2NO4/c1-9(15(20)19(2)3)22-16(21)14-7-6-13(23-14)11-5-4-10(17)8-12(11)18/h4-9H,1-3H3/t9-/m1/s1. The number of ether oxygens (including phenoxy) is 1. The number of halogens is 2. The molecule has 0 aliphatic heterocycles. The minimum Gasteiger partial charge on any atom is -0.449 e. The van der Waals surface area contributed by atoms with Crippen molar-refractivity contribution < 1.29 is 18.7 Å². The summed E-state index contributed by atoms with van der Waals surface area (Å²) < 4.78 is 10.5. The van der Waals surface area contributed by atoms with Gasteiger partial charge in [0.15, 0.2) is 6.10 Å². The van der Waals surface area contributed by atoms with E-state index in [9.17, 15) is 9.59 Å². The number of amides is 1. The molecule has 0 saturated heterocycles. The number of benzene rings is 1. The van der Waals surface area contributed by atoms with Crippen LogP contribution >= 0.6 is 23.2 Å². The molecule has 1 aromatic heterocycles. The average molecular weight is 356 g/mol. The van der Waals surface area contributed by atoms with Gasteiger partial charge in [-0.15, -0.1) is 0 Å².